The Hall–Kier alpha value is -2.11. The van der Waals surface area contributed by atoms with Crippen molar-refractivity contribution in [3.63, 3.8) is 0 Å². The Labute approximate surface area is 124 Å². The fourth-order valence-corrected chi connectivity index (χ4v) is 2.37. The number of hydrogen-bond acceptors (Lipinski definition) is 4. The zero-order valence-electron chi connectivity index (χ0n) is 12.5. The molecule has 6 nitrogen and oxygen atoms in total. The predicted octanol–water partition coefficient (Wildman–Crippen LogP) is 2.90. The third-order valence-corrected chi connectivity index (χ3v) is 3.67. The summed E-state index contributed by atoms with van der Waals surface area (Å²) in [7, 11) is 1.63. The van der Waals surface area contributed by atoms with Gasteiger partial charge < -0.3 is 10.2 Å². The molecule has 2 rings (SSSR count). The van der Waals surface area contributed by atoms with Gasteiger partial charge in [0.1, 0.15) is 5.69 Å². The highest BCUT2D eigenvalue weighted by atomic mass is 16.6. The monoisotopic (exact) mass is 291 g/mol. The molecule has 1 aromatic rings. The first-order valence-electron chi connectivity index (χ1n) is 7.32. The molecule has 114 valence electrons. The van der Waals surface area contributed by atoms with E-state index in [-0.39, 0.29) is 11.6 Å². The van der Waals surface area contributed by atoms with Gasteiger partial charge in [-0.1, -0.05) is 6.92 Å². The molecule has 0 aliphatic heterocycles. The van der Waals surface area contributed by atoms with Gasteiger partial charge in [-0.3, -0.25) is 14.9 Å². The molecule has 1 aliphatic rings. The fourth-order valence-electron chi connectivity index (χ4n) is 2.37. The highest BCUT2D eigenvalue weighted by molar-refractivity contribution is 5.95. The molecule has 1 aromatic carbocycles. The van der Waals surface area contributed by atoms with Gasteiger partial charge in [0, 0.05) is 31.8 Å². The lowest BCUT2D eigenvalue weighted by Gasteiger charge is -2.22. The normalized spacial score (nSPS) is 13.8. The first-order chi connectivity index (χ1) is 10.1. The van der Waals surface area contributed by atoms with Crippen molar-refractivity contribution in [2.24, 2.45) is 5.92 Å². The van der Waals surface area contributed by atoms with Crippen LogP contribution < -0.4 is 5.32 Å². The number of nitrogens with zero attached hydrogens (tertiary/aromatic N) is 2. The van der Waals surface area contributed by atoms with Crippen LogP contribution in [-0.2, 0) is 0 Å². The van der Waals surface area contributed by atoms with Crippen molar-refractivity contribution in [3.8, 4) is 0 Å². The van der Waals surface area contributed by atoms with Gasteiger partial charge in [0.15, 0.2) is 0 Å². The van der Waals surface area contributed by atoms with E-state index in [2.05, 4.69) is 5.32 Å². The lowest BCUT2D eigenvalue weighted by atomic mass is 10.1. The lowest BCUT2D eigenvalue weighted by Crippen LogP contribution is -2.33. The van der Waals surface area contributed by atoms with Gasteiger partial charge in [0.2, 0.25) is 0 Å². The minimum atomic E-state index is -0.465. The lowest BCUT2D eigenvalue weighted by molar-refractivity contribution is -0.384. The van der Waals surface area contributed by atoms with Crippen molar-refractivity contribution >= 4 is 17.3 Å². The molecule has 1 N–H and O–H groups in total. The van der Waals surface area contributed by atoms with Crippen molar-refractivity contribution in [1.29, 1.82) is 0 Å². The van der Waals surface area contributed by atoms with Crippen LogP contribution in [0.1, 0.15) is 36.5 Å². The summed E-state index contributed by atoms with van der Waals surface area (Å²) in [4.78, 5) is 25.0. The van der Waals surface area contributed by atoms with Crippen LogP contribution >= 0.6 is 0 Å². The van der Waals surface area contributed by atoms with Gasteiger partial charge in [-0.25, -0.2) is 0 Å². The number of amides is 1. The van der Waals surface area contributed by atoms with Crippen LogP contribution in [0.3, 0.4) is 0 Å². The Bertz CT molecular complexity index is 541. The SMILES string of the molecule is CCCN(CC1CC1)C(=O)c1ccc(NC)c([N+](=O)[O-])c1. The van der Waals surface area contributed by atoms with Gasteiger partial charge in [-0.15, -0.1) is 0 Å². The van der Waals surface area contributed by atoms with Crippen molar-refractivity contribution < 1.29 is 9.72 Å². The molecule has 1 fully saturated rings. The van der Waals surface area contributed by atoms with E-state index in [0.717, 1.165) is 13.0 Å². The number of hydrogen-bond donors (Lipinski definition) is 1. The van der Waals surface area contributed by atoms with E-state index in [1.807, 2.05) is 11.8 Å². The second-order valence-electron chi connectivity index (χ2n) is 5.43. The van der Waals surface area contributed by atoms with Crippen LogP contribution in [0.5, 0.6) is 0 Å². The maximum Gasteiger partial charge on any atom is 0.293 e. The van der Waals surface area contributed by atoms with Crippen molar-refractivity contribution in [2.45, 2.75) is 26.2 Å². The topological polar surface area (TPSA) is 75.5 Å². The van der Waals surface area contributed by atoms with E-state index in [0.29, 0.717) is 23.7 Å². The largest absolute Gasteiger partial charge is 0.383 e. The number of rotatable bonds is 7. The Morgan fingerprint density at radius 2 is 2.19 bits per heavy atom. The van der Waals surface area contributed by atoms with E-state index in [1.54, 1.807) is 19.2 Å². The van der Waals surface area contributed by atoms with Gasteiger partial charge >= 0.3 is 0 Å². The van der Waals surface area contributed by atoms with E-state index >= 15 is 0 Å². The predicted molar refractivity (Wildman–Crippen MR) is 81.6 cm³/mol. The van der Waals surface area contributed by atoms with Crippen LogP contribution in [0.25, 0.3) is 0 Å². The standard InChI is InChI=1S/C15H21N3O3/c1-3-8-17(10-11-4-5-11)15(19)12-6-7-13(16-2)14(9-12)18(20)21/h6-7,9,11,16H,3-5,8,10H2,1-2H3. The zero-order valence-corrected chi connectivity index (χ0v) is 12.5. The van der Waals surface area contributed by atoms with Gasteiger partial charge in [0.25, 0.3) is 11.6 Å². The fraction of sp³-hybridized carbons (Fsp3) is 0.533. The molecular formula is C15H21N3O3. The van der Waals surface area contributed by atoms with Crippen LogP contribution in [0.2, 0.25) is 0 Å². The molecule has 1 aliphatic carbocycles. The molecular weight excluding hydrogens is 270 g/mol. The Balaban J connectivity index is 2.23. The number of nitro groups is 1. The van der Waals surface area contributed by atoms with Gasteiger partial charge in [-0.2, -0.15) is 0 Å². The molecule has 0 unspecified atom stereocenters. The average Bonchev–Trinajstić information content (AvgIpc) is 3.29. The Morgan fingerprint density at radius 3 is 2.71 bits per heavy atom. The molecule has 21 heavy (non-hydrogen) atoms. The third kappa shape index (κ3) is 3.71. The summed E-state index contributed by atoms with van der Waals surface area (Å²) in [5.41, 5.74) is 0.738. The van der Waals surface area contributed by atoms with E-state index < -0.39 is 4.92 Å². The van der Waals surface area contributed by atoms with Crippen LogP contribution in [-0.4, -0.2) is 35.9 Å². The van der Waals surface area contributed by atoms with Crippen molar-refractivity contribution in [1.82, 2.24) is 4.90 Å². The number of nitro benzene ring substituents is 1. The number of benzene rings is 1. The quantitative estimate of drug-likeness (QED) is 0.619. The van der Waals surface area contributed by atoms with E-state index in [4.69, 9.17) is 0 Å². The minimum absolute atomic E-state index is 0.0637. The summed E-state index contributed by atoms with van der Waals surface area (Å²) < 4.78 is 0. The van der Waals surface area contributed by atoms with Crippen LogP contribution in [0, 0.1) is 16.0 Å². The molecule has 0 bridgehead atoms. The minimum Gasteiger partial charge on any atom is -0.383 e. The first-order valence-corrected chi connectivity index (χ1v) is 7.32. The van der Waals surface area contributed by atoms with Gasteiger partial charge in [-0.05, 0) is 37.3 Å². The summed E-state index contributed by atoms with van der Waals surface area (Å²) in [6.07, 6.45) is 3.23. The summed E-state index contributed by atoms with van der Waals surface area (Å²) in [6.45, 7) is 3.48. The summed E-state index contributed by atoms with van der Waals surface area (Å²) >= 11 is 0. The smallest absolute Gasteiger partial charge is 0.293 e. The van der Waals surface area contributed by atoms with Gasteiger partial charge in [0.05, 0.1) is 4.92 Å². The molecule has 0 radical (unpaired) electrons. The summed E-state index contributed by atoms with van der Waals surface area (Å²) in [5.74, 6) is 0.488. The van der Waals surface area contributed by atoms with Crippen molar-refractivity contribution in [3.05, 3.63) is 33.9 Å². The molecule has 0 heterocycles. The highest BCUT2D eigenvalue weighted by Gasteiger charge is 2.27. The molecule has 6 heteroatoms. The molecule has 1 saturated carbocycles. The maximum absolute atomic E-state index is 12.6. The number of nitrogens with one attached hydrogen (secondary N) is 1. The summed E-state index contributed by atoms with van der Waals surface area (Å²) in [6, 6.07) is 4.60. The maximum atomic E-state index is 12.6. The van der Waals surface area contributed by atoms with E-state index in [9.17, 15) is 14.9 Å². The second-order valence-corrected chi connectivity index (χ2v) is 5.43. The van der Waals surface area contributed by atoms with Crippen LogP contribution in [0.4, 0.5) is 11.4 Å². The molecule has 0 saturated heterocycles. The highest BCUT2D eigenvalue weighted by Crippen LogP contribution is 2.31. The average molecular weight is 291 g/mol. The third-order valence-electron chi connectivity index (χ3n) is 3.67. The van der Waals surface area contributed by atoms with Crippen LogP contribution in [0.15, 0.2) is 18.2 Å². The Kier molecular flexibility index (Phi) is 4.77. The summed E-state index contributed by atoms with van der Waals surface area (Å²) in [5, 5.41) is 13.9. The second kappa shape index (κ2) is 6.56. The Morgan fingerprint density at radius 1 is 1.48 bits per heavy atom. The molecule has 1 amide bonds. The number of carbonyl (C=O) groups excluding carboxylic acids is 1. The number of carbonyl (C=O) groups is 1. The van der Waals surface area contributed by atoms with Crippen molar-refractivity contribution in [2.75, 3.05) is 25.5 Å². The first kappa shape index (κ1) is 15.3. The molecule has 0 aromatic heterocycles. The van der Waals surface area contributed by atoms with E-state index in [1.165, 1.54) is 18.9 Å². The zero-order chi connectivity index (χ0) is 15.4. The molecule has 0 atom stereocenters. The molecule has 0 spiro atoms. The number of anilines is 1.